The number of pyridine rings is 1. The molecule has 0 aliphatic carbocycles. The van der Waals surface area contributed by atoms with E-state index in [-0.39, 0.29) is 6.47 Å². The van der Waals surface area contributed by atoms with E-state index in [0.29, 0.717) is 5.69 Å². The summed E-state index contributed by atoms with van der Waals surface area (Å²) in [6.45, 7) is 1.77. The average molecular weight is 427 g/mol. The number of benzene rings is 2. The average Bonchev–Trinajstić information content (AvgIpc) is 3.15. The Morgan fingerprint density at radius 2 is 1.87 bits per heavy atom. The van der Waals surface area contributed by atoms with Crippen molar-refractivity contribution in [1.82, 2.24) is 19.5 Å². The summed E-state index contributed by atoms with van der Waals surface area (Å²) in [6, 6.07) is 13.4. The molecule has 4 aromatic rings. The molecule has 2 heterocycles. The molecule has 0 atom stereocenters. The van der Waals surface area contributed by atoms with Crippen molar-refractivity contribution in [2.45, 2.75) is 6.92 Å². The smallest absolute Gasteiger partial charge is 0.301 e. The number of carboxylic acid groups (broad SMARTS) is 1. The molecule has 0 saturated heterocycles. The van der Waals surface area contributed by atoms with Gasteiger partial charge in [-0.2, -0.15) is 17.8 Å². The molecule has 0 spiro atoms. The topological polar surface area (TPSA) is 128 Å². The number of aromatic amines is 1. The van der Waals surface area contributed by atoms with Gasteiger partial charge in [0.15, 0.2) is 0 Å². The van der Waals surface area contributed by atoms with Gasteiger partial charge in [-0.1, -0.05) is 18.2 Å². The van der Waals surface area contributed by atoms with E-state index in [1.807, 2.05) is 37.3 Å². The normalized spacial score (nSPS) is 11.3. The molecular formula is C20H21N5O4S. The summed E-state index contributed by atoms with van der Waals surface area (Å²) in [5, 5.41) is 15.9. The Balaban J connectivity index is 0.000000806. The number of hydrogen-bond acceptors (Lipinski definition) is 5. The zero-order valence-electron chi connectivity index (χ0n) is 16.6. The fraction of sp³-hybridized carbons (Fsp3) is 0.150. The molecule has 0 saturated carbocycles. The van der Waals surface area contributed by atoms with E-state index < -0.39 is 10.2 Å². The first-order valence-electron chi connectivity index (χ1n) is 8.88. The van der Waals surface area contributed by atoms with E-state index in [9.17, 15) is 8.42 Å². The molecule has 0 radical (unpaired) electrons. The number of hydrogen-bond donors (Lipinski definition) is 3. The van der Waals surface area contributed by atoms with Gasteiger partial charge in [0.25, 0.3) is 6.47 Å². The van der Waals surface area contributed by atoms with Crippen LogP contribution in [0.4, 0.5) is 5.69 Å². The Labute approximate surface area is 173 Å². The Bertz CT molecular complexity index is 1320. The summed E-state index contributed by atoms with van der Waals surface area (Å²) in [7, 11) is -0.602. The van der Waals surface area contributed by atoms with E-state index in [4.69, 9.17) is 14.9 Å². The molecule has 10 heteroatoms. The van der Waals surface area contributed by atoms with Gasteiger partial charge >= 0.3 is 10.2 Å². The minimum absolute atomic E-state index is 0.250. The minimum Gasteiger partial charge on any atom is -0.483 e. The number of fused-ring (bicyclic) bond motifs is 2. The van der Waals surface area contributed by atoms with Crippen LogP contribution in [0.1, 0.15) is 5.56 Å². The number of nitrogens with one attached hydrogen (secondary N) is 2. The molecule has 0 amide bonds. The predicted octanol–water partition coefficient (Wildman–Crippen LogP) is 3.01. The first-order chi connectivity index (χ1) is 14.2. The highest BCUT2D eigenvalue weighted by atomic mass is 32.2. The van der Waals surface area contributed by atoms with Gasteiger partial charge in [-0.3, -0.25) is 14.6 Å². The summed E-state index contributed by atoms with van der Waals surface area (Å²) < 4.78 is 27.8. The maximum Gasteiger partial charge on any atom is 0.301 e. The van der Waals surface area contributed by atoms with Crippen molar-refractivity contribution in [1.29, 1.82) is 0 Å². The summed E-state index contributed by atoms with van der Waals surface area (Å²) in [4.78, 5) is 13.1. The Morgan fingerprint density at radius 1 is 1.13 bits per heavy atom. The summed E-state index contributed by atoms with van der Waals surface area (Å²) >= 11 is 0. The number of aromatic nitrogens is 3. The van der Waals surface area contributed by atoms with E-state index in [0.717, 1.165) is 42.9 Å². The fourth-order valence-corrected chi connectivity index (χ4v) is 3.56. The minimum atomic E-state index is -3.57. The number of carbonyl (C=O) groups is 1. The van der Waals surface area contributed by atoms with Gasteiger partial charge in [0.05, 0.1) is 28.6 Å². The van der Waals surface area contributed by atoms with Gasteiger partial charge in [0.2, 0.25) is 0 Å². The van der Waals surface area contributed by atoms with Crippen molar-refractivity contribution in [2.24, 2.45) is 0 Å². The van der Waals surface area contributed by atoms with E-state index >= 15 is 0 Å². The van der Waals surface area contributed by atoms with Crippen molar-refractivity contribution in [2.75, 3.05) is 18.8 Å². The van der Waals surface area contributed by atoms with E-state index in [1.165, 1.54) is 14.1 Å². The third-order valence-corrected chi connectivity index (χ3v) is 5.94. The number of rotatable bonds is 4. The summed E-state index contributed by atoms with van der Waals surface area (Å²) in [5.41, 5.74) is 5.01. The lowest BCUT2D eigenvalue weighted by molar-refractivity contribution is -0.122. The lowest BCUT2D eigenvalue weighted by Crippen LogP contribution is -2.28. The second-order valence-electron chi connectivity index (χ2n) is 6.72. The maximum absolute atomic E-state index is 12.1. The van der Waals surface area contributed by atoms with Crippen LogP contribution in [0.15, 0.2) is 48.7 Å². The second kappa shape index (κ2) is 8.47. The molecule has 3 N–H and O–H groups in total. The van der Waals surface area contributed by atoms with Gasteiger partial charge in [-0.15, -0.1) is 0 Å². The standard InChI is InChI=1S/C19H19N5O2S.CH2O2/c1-12-8-17(13-4-5-14-11-20-22-18(14)9-13)21-19-10-15(6-7-16(12)19)23-27(25,26)24(2)3;2-1-3/h4-11,23H,1-3H3,(H,20,22);1H,(H,2,3). The van der Waals surface area contributed by atoms with Crippen LogP contribution in [0.25, 0.3) is 33.1 Å². The molecule has 0 unspecified atom stereocenters. The zero-order valence-corrected chi connectivity index (χ0v) is 17.4. The second-order valence-corrected chi connectivity index (χ2v) is 8.61. The molecule has 9 nitrogen and oxygen atoms in total. The van der Waals surface area contributed by atoms with Crippen LogP contribution in [0.2, 0.25) is 0 Å². The van der Waals surface area contributed by atoms with Crippen LogP contribution >= 0.6 is 0 Å². The molecule has 0 bridgehead atoms. The Hall–Kier alpha value is -3.50. The largest absolute Gasteiger partial charge is 0.483 e. The summed E-state index contributed by atoms with van der Waals surface area (Å²) in [6.07, 6.45) is 1.78. The van der Waals surface area contributed by atoms with Crippen molar-refractivity contribution in [3.8, 4) is 11.3 Å². The van der Waals surface area contributed by atoms with Gasteiger partial charge in [0, 0.05) is 30.4 Å². The quantitative estimate of drug-likeness (QED) is 0.430. The highest BCUT2D eigenvalue weighted by Crippen LogP contribution is 2.28. The number of nitrogens with zero attached hydrogens (tertiary/aromatic N) is 3. The highest BCUT2D eigenvalue weighted by Gasteiger charge is 2.14. The number of H-pyrrole nitrogens is 1. The molecule has 2 aromatic carbocycles. The number of anilines is 1. The Morgan fingerprint density at radius 3 is 2.57 bits per heavy atom. The third-order valence-electron chi connectivity index (χ3n) is 4.48. The van der Waals surface area contributed by atoms with Crippen LogP contribution in [0.3, 0.4) is 0 Å². The fourth-order valence-electron chi connectivity index (χ4n) is 2.95. The molecule has 2 aromatic heterocycles. The first-order valence-corrected chi connectivity index (χ1v) is 10.3. The Kier molecular flexibility index (Phi) is 5.99. The van der Waals surface area contributed by atoms with Crippen molar-refractivity contribution in [3.63, 3.8) is 0 Å². The van der Waals surface area contributed by atoms with Gasteiger partial charge in [-0.05, 0) is 36.8 Å². The molecule has 0 fully saturated rings. The van der Waals surface area contributed by atoms with Crippen molar-refractivity contribution in [3.05, 3.63) is 54.2 Å². The molecular weight excluding hydrogens is 406 g/mol. The predicted molar refractivity (Wildman–Crippen MR) is 116 cm³/mol. The van der Waals surface area contributed by atoms with E-state index in [1.54, 1.807) is 18.3 Å². The van der Waals surface area contributed by atoms with Crippen LogP contribution < -0.4 is 4.72 Å². The highest BCUT2D eigenvalue weighted by molar-refractivity contribution is 7.90. The van der Waals surface area contributed by atoms with Gasteiger partial charge < -0.3 is 5.11 Å². The van der Waals surface area contributed by atoms with E-state index in [2.05, 4.69) is 14.9 Å². The molecule has 0 aliphatic rings. The van der Waals surface area contributed by atoms with Gasteiger partial charge in [0.1, 0.15) is 0 Å². The molecule has 4 rings (SSSR count). The SMILES string of the molecule is Cc1cc(-c2ccc3cn[nH]c3c2)nc2cc(NS(=O)(=O)N(C)C)ccc12.O=CO. The van der Waals surface area contributed by atoms with Crippen LogP contribution in [-0.4, -0.2) is 53.6 Å². The lowest BCUT2D eigenvalue weighted by atomic mass is 10.0. The molecule has 30 heavy (non-hydrogen) atoms. The maximum atomic E-state index is 12.1. The zero-order chi connectivity index (χ0) is 21.9. The third kappa shape index (κ3) is 4.39. The number of aryl methyl sites for hydroxylation is 1. The van der Waals surface area contributed by atoms with Gasteiger partial charge in [-0.25, -0.2) is 4.98 Å². The van der Waals surface area contributed by atoms with Crippen LogP contribution in [0, 0.1) is 6.92 Å². The first kappa shape index (κ1) is 21.2. The monoisotopic (exact) mass is 427 g/mol. The summed E-state index contributed by atoms with van der Waals surface area (Å²) in [5.74, 6) is 0. The molecule has 156 valence electrons. The van der Waals surface area contributed by atoms with Crippen molar-refractivity contribution >= 4 is 44.2 Å². The van der Waals surface area contributed by atoms with Crippen molar-refractivity contribution < 1.29 is 18.3 Å². The van der Waals surface area contributed by atoms with Crippen LogP contribution in [0.5, 0.6) is 0 Å². The molecule has 0 aliphatic heterocycles. The lowest BCUT2D eigenvalue weighted by Gasteiger charge is -2.14. The van der Waals surface area contributed by atoms with Crippen LogP contribution in [-0.2, 0) is 15.0 Å².